The summed E-state index contributed by atoms with van der Waals surface area (Å²) < 4.78 is 1.39. The molecule has 7 nitrogen and oxygen atoms in total. The van der Waals surface area contributed by atoms with Crippen molar-refractivity contribution in [2.75, 3.05) is 5.75 Å². The van der Waals surface area contributed by atoms with Gasteiger partial charge in [0.1, 0.15) is 5.65 Å². The van der Waals surface area contributed by atoms with Crippen LogP contribution in [0.3, 0.4) is 0 Å². The first-order chi connectivity index (χ1) is 16.0. The number of carbonyl (C=O) groups is 1. The Hall–Kier alpha value is -3.30. The maximum atomic E-state index is 13.2. The second-order valence-electron chi connectivity index (χ2n) is 7.90. The standard InChI is InChI=1S/C24H21N5O2S2/c1-15-5-7-17(8-6-15)19-13-18(20-4-3-11-32-20)27-29(19)22(30)14-33-23-25-21-12-16(2)9-10-28(21)24(31)26-23/h3-12,19H,13-14H2,1-2H3/t19-/m0/s1. The Morgan fingerprint density at radius 1 is 1.12 bits per heavy atom. The average molecular weight is 476 g/mol. The van der Waals surface area contributed by atoms with E-state index in [0.717, 1.165) is 33.5 Å². The van der Waals surface area contributed by atoms with Crippen molar-refractivity contribution in [3.63, 3.8) is 0 Å². The molecule has 1 amide bonds. The van der Waals surface area contributed by atoms with Crippen molar-refractivity contribution in [2.24, 2.45) is 5.10 Å². The minimum atomic E-state index is -0.411. The van der Waals surface area contributed by atoms with Crippen molar-refractivity contribution in [1.29, 1.82) is 0 Å². The van der Waals surface area contributed by atoms with Gasteiger partial charge in [0, 0.05) is 12.6 Å². The minimum Gasteiger partial charge on any atom is -0.272 e. The number of fused-ring (bicyclic) bond motifs is 1. The van der Waals surface area contributed by atoms with Crippen molar-refractivity contribution in [3.8, 4) is 0 Å². The Morgan fingerprint density at radius 3 is 2.70 bits per heavy atom. The normalized spacial score (nSPS) is 15.8. The Morgan fingerprint density at radius 2 is 1.94 bits per heavy atom. The lowest BCUT2D eigenvalue weighted by Crippen LogP contribution is -2.29. The third-order valence-electron chi connectivity index (χ3n) is 5.46. The summed E-state index contributed by atoms with van der Waals surface area (Å²) in [5, 5.41) is 8.56. The summed E-state index contributed by atoms with van der Waals surface area (Å²) >= 11 is 2.77. The smallest absolute Gasteiger partial charge is 0.272 e. The average Bonchev–Trinajstić information content (AvgIpc) is 3.48. The lowest BCUT2D eigenvalue weighted by Gasteiger charge is -2.22. The summed E-state index contributed by atoms with van der Waals surface area (Å²) in [5.41, 5.74) is 4.22. The minimum absolute atomic E-state index is 0.0883. The molecule has 0 bridgehead atoms. The van der Waals surface area contributed by atoms with Gasteiger partial charge in [0.05, 0.1) is 22.4 Å². The molecular weight excluding hydrogens is 454 g/mol. The first-order valence-electron chi connectivity index (χ1n) is 10.5. The molecule has 1 atom stereocenters. The van der Waals surface area contributed by atoms with Crippen LogP contribution in [-0.4, -0.2) is 36.7 Å². The molecule has 4 aromatic rings. The van der Waals surface area contributed by atoms with E-state index >= 15 is 0 Å². The quantitative estimate of drug-likeness (QED) is 0.404. The Bertz CT molecular complexity index is 1410. The molecule has 1 aliphatic rings. The van der Waals surface area contributed by atoms with E-state index in [9.17, 15) is 9.59 Å². The van der Waals surface area contributed by atoms with Gasteiger partial charge < -0.3 is 0 Å². The highest BCUT2D eigenvalue weighted by molar-refractivity contribution is 7.99. The van der Waals surface area contributed by atoms with Gasteiger partial charge in [-0.25, -0.2) is 14.8 Å². The zero-order valence-corrected chi connectivity index (χ0v) is 19.8. The zero-order chi connectivity index (χ0) is 22.9. The number of thioether (sulfide) groups is 1. The summed E-state index contributed by atoms with van der Waals surface area (Å²) in [5.74, 6) is -0.0597. The second-order valence-corrected chi connectivity index (χ2v) is 9.79. The van der Waals surface area contributed by atoms with Crippen LogP contribution in [0.25, 0.3) is 5.65 Å². The zero-order valence-electron chi connectivity index (χ0n) is 18.1. The van der Waals surface area contributed by atoms with Crippen LogP contribution in [0.5, 0.6) is 0 Å². The van der Waals surface area contributed by atoms with Gasteiger partial charge in [0.25, 0.3) is 5.91 Å². The number of benzene rings is 1. The predicted octanol–water partition coefficient (Wildman–Crippen LogP) is 4.24. The van der Waals surface area contributed by atoms with Crippen LogP contribution >= 0.6 is 23.1 Å². The fourth-order valence-electron chi connectivity index (χ4n) is 3.73. The van der Waals surface area contributed by atoms with Gasteiger partial charge in [-0.3, -0.25) is 9.20 Å². The molecule has 1 aliphatic heterocycles. The second kappa shape index (κ2) is 8.92. The van der Waals surface area contributed by atoms with E-state index in [1.807, 2.05) is 55.6 Å². The van der Waals surface area contributed by atoms with E-state index < -0.39 is 5.69 Å². The van der Waals surface area contributed by atoms with Crippen molar-refractivity contribution < 1.29 is 4.79 Å². The Kier molecular flexibility index (Phi) is 5.82. The first kappa shape index (κ1) is 21.5. The largest absolute Gasteiger partial charge is 0.355 e. The molecule has 0 N–H and O–H groups in total. The molecule has 0 spiro atoms. The number of pyridine rings is 1. The van der Waals surface area contributed by atoms with Crippen LogP contribution in [0, 0.1) is 13.8 Å². The maximum Gasteiger partial charge on any atom is 0.355 e. The molecule has 9 heteroatoms. The molecule has 0 unspecified atom stereocenters. The van der Waals surface area contributed by atoms with Gasteiger partial charge in [-0.15, -0.1) is 11.3 Å². The summed E-state index contributed by atoms with van der Waals surface area (Å²) in [6.45, 7) is 3.98. The number of hydrazone groups is 1. The lowest BCUT2D eigenvalue weighted by atomic mass is 10.00. The number of nitrogens with zero attached hydrogens (tertiary/aromatic N) is 5. The van der Waals surface area contributed by atoms with Gasteiger partial charge in [-0.1, -0.05) is 47.7 Å². The molecule has 3 aromatic heterocycles. The lowest BCUT2D eigenvalue weighted by molar-refractivity contribution is -0.130. The van der Waals surface area contributed by atoms with Crippen LogP contribution in [0.15, 0.2) is 75.2 Å². The van der Waals surface area contributed by atoms with E-state index in [-0.39, 0.29) is 22.9 Å². The van der Waals surface area contributed by atoms with Crippen molar-refractivity contribution in [1.82, 2.24) is 19.4 Å². The van der Waals surface area contributed by atoms with Crippen LogP contribution in [-0.2, 0) is 4.79 Å². The molecule has 4 heterocycles. The number of rotatable bonds is 5. The number of hydrogen-bond donors (Lipinski definition) is 0. The maximum absolute atomic E-state index is 13.2. The molecule has 1 aromatic carbocycles. The summed E-state index contributed by atoms with van der Waals surface area (Å²) in [6, 6.07) is 15.7. The summed E-state index contributed by atoms with van der Waals surface area (Å²) in [7, 11) is 0. The number of aromatic nitrogens is 3. The highest BCUT2D eigenvalue weighted by atomic mass is 32.2. The van der Waals surface area contributed by atoms with Crippen molar-refractivity contribution in [3.05, 3.63) is 92.2 Å². The van der Waals surface area contributed by atoms with Crippen LogP contribution < -0.4 is 5.69 Å². The highest BCUT2D eigenvalue weighted by Gasteiger charge is 2.33. The molecule has 0 saturated carbocycles. The summed E-state index contributed by atoms with van der Waals surface area (Å²) in [6.07, 6.45) is 2.32. The number of aryl methyl sites for hydroxylation is 2. The third kappa shape index (κ3) is 4.46. The van der Waals surface area contributed by atoms with E-state index in [1.54, 1.807) is 22.5 Å². The predicted molar refractivity (Wildman–Crippen MR) is 131 cm³/mol. The number of thiophene rings is 1. The van der Waals surface area contributed by atoms with Gasteiger partial charge in [0.15, 0.2) is 5.16 Å². The molecule has 0 saturated heterocycles. The molecule has 0 aliphatic carbocycles. The molecule has 0 radical (unpaired) electrons. The van der Waals surface area contributed by atoms with Gasteiger partial charge in [-0.2, -0.15) is 10.1 Å². The SMILES string of the molecule is Cc1ccc([C@@H]2CC(c3cccs3)=NN2C(=O)CSc2nc(=O)n3ccc(C)cc3n2)cc1. The molecule has 166 valence electrons. The highest BCUT2D eigenvalue weighted by Crippen LogP contribution is 2.34. The third-order valence-corrected chi connectivity index (χ3v) is 7.21. The van der Waals surface area contributed by atoms with E-state index in [2.05, 4.69) is 22.1 Å². The molecule has 33 heavy (non-hydrogen) atoms. The van der Waals surface area contributed by atoms with E-state index in [4.69, 9.17) is 5.10 Å². The topological polar surface area (TPSA) is 79.9 Å². The van der Waals surface area contributed by atoms with Crippen molar-refractivity contribution in [2.45, 2.75) is 31.5 Å². The number of amides is 1. The Balaban J connectivity index is 1.39. The van der Waals surface area contributed by atoms with Crippen LogP contribution in [0.4, 0.5) is 0 Å². The Labute approximate surface area is 198 Å². The van der Waals surface area contributed by atoms with Crippen LogP contribution in [0.2, 0.25) is 0 Å². The van der Waals surface area contributed by atoms with E-state index in [0.29, 0.717) is 12.1 Å². The fraction of sp³-hybridized carbons (Fsp3) is 0.208. The monoisotopic (exact) mass is 475 g/mol. The number of hydrogen-bond acceptors (Lipinski definition) is 7. The van der Waals surface area contributed by atoms with Crippen molar-refractivity contribution >= 4 is 40.4 Å². The number of carbonyl (C=O) groups excluding carboxylic acids is 1. The van der Waals surface area contributed by atoms with Gasteiger partial charge in [0.2, 0.25) is 0 Å². The van der Waals surface area contributed by atoms with Crippen LogP contribution in [0.1, 0.15) is 34.0 Å². The fourth-order valence-corrected chi connectivity index (χ4v) is 5.14. The summed E-state index contributed by atoms with van der Waals surface area (Å²) in [4.78, 5) is 35.1. The molecular formula is C24H21N5O2S2. The van der Waals surface area contributed by atoms with Gasteiger partial charge in [-0.05, 0) is 48.6 Å². The van der Waals surface area contributed by atoms with Gasteiger partial charge >= 0.3 is 5.69 Å². The first-order valence-corrected chi connectivity index (χ1v) is 12.3. The molecule has 0 fully saturated rings. The molecule has 5 rings (SSSR count). The van der Waals surface area contributed by atoms with E-state index in [1.165, 1.54) is 9.96 Å².